The highest BCUT2D eigenvalue weighted by Crippen LogP contribution is 2.25. The molecule has 1 aromatic carbocycles. The number of hydrogen-bond acceptors (Lipinski definition) is 4. The average Bonchev–Trinajstić information content (AvgIpc) is 2.36. The third kappa shape index (κ3) is 3.83. The van der Waals surface area contributed by atoms with Crippen molar-refractivity contribution >= 4 is 21.7 Å². The van der Waals surface area contributed by atoms with Crippen LogP contribution in [0, 0.1) is 0 Å². The summed E-state index contributed by atoms with van der Waals surface area (Å²) in [7, 11) is 0.868. The normalized spacial score (nSPS) is 11.5. The van der Waals surface area contributed by atoms with Crippen molar-refractivity contribution in [3.63, 3.8) is 0 Å². The maximum Gasteiger partial charge on any atom is 0.337 e. The van der Waals surface area contributed by atoms with Crippen molar-refractivity contribution in [2.45, 2.75) is 11.8 Å². The maximum absolute atomic E-state index is 12.1. The molecule has 0 heterocycles. The van der Waals surface area contributed by atoms with Crippen LogP contribution in [-0.2, 0) is 10.0 Å². The number of carboxylic acids is 1. The summed E-state index contributed by atoms with van der Waals surface area (Å²) >= 11 is 0. The van der Waals surface area contributed by atoms with Gasteiger partial charge in [-0.3, -0.25) is 0 Å². The van der Waals surface area contributed by atoms with Gasteiger partial charge in [-0.2, -0.15) is 0 Å². The lowest BCUT2D eigenvalue weighted by Crippen LogP contribution is -2.24. The van der Waals surface area contributed by atoms with E-state index in [2.05, 4.69) is 6.58 Å². The van der Waals surface area contributed by atoms with Crippen molar-refractivity contribution in [3.8, 4) is 0 Å². The molecule has 0 atom stereocenters. The number of nitrogens with zero attached hydrogens (tertiary/aromatic N) is 2. The minimum Gasteiger partial charge on any atom is -0.478 e. The van der Waals surface area contributed by atoms with Crippen LogP contribution >= 0.6 is 0 Å². The number of likely N-dealkylation sites (N-methyl/N-ethyl adjacent to an activating group) is 1. The van der Waals surface area contributed by atoms with Crippen molar-refractivity contribution in [3.05, 3.63) is 35.9 Å². The number of carbonyl (C=O) groups is 1. The van der Waals surface area contributed by atoms with Gasteiger partial charge in [0.2, 0.25) is 10.0 Å². The van der Waals surface area contributed by atoms with Crippen LogP contribution in [0.25, 0.3) is 0 Å². The molecule has 6 nitrogen and oxygen atoms in total. The molecule has 0 bridgehead atoms. The molecule has 0 aromatic heterocycles. The molecule has 0 aliphatic rings. The Morgan fingerprint density at radius 2 is 1.86 bits per heavy atom. The second-order valence-corrected chi connectivity index (χ2v) is 7.24. The summed E-state index contributed by atoms with van der Waals surface area (Å²) in [5, 5.41) is 9.32. The van der Waals surface area contributed by atoms with E-state index < -0.39 is 16.0 Å². The Labute approximate surface area is 125 Å². The Kier molecular flexibility index (Phi) is 5.14. The SMILES string of the molecule is C=C(C)CN(C)c1ccc(S(=O)(=O)N(C)C)cc1C(=O)O. The molecule has 1 aromatic rings. The Bertz CT molecular complexity index is 666. The van der Waals surface area contributed by atoms with E-state index in [-0.39, 0.29) is 10.5 Å². The zero-order valence-electron chi connectivity index (χ0n) is 12.6. The van der Waals surface area contributed by atoms with Crippen molar-refractivity contribution in [2.75, 3.05) is 32.6 Å². The van der Waals surface area contributed by atoms with E-state index in [1.807, 2.05) is 6.92 Å². The van der Waals surface area contributed by atoms with Crippen LogP contribution in [0.2, 0.25) is 0 Å². The summed E-state index contributed by atoms with van der Waals surface area (Å²) in [5.41, 5.74) is 1.27. The molecule has 0 aliphatic heterocycles. The Hall–Kier alpha value is -1.86. The molecule has 1 rings (SSSR count). The van der Waals surface area contributed by atoms with E-state index in [0.717, 1.165) is 9.88 Å². The Balaban J connectivity index is 3.39. The molecular weight excluding hydrogens is 292 g/mol. The van der Waals surface area contributed by atoms with Gasteiger partial charge in [0.05, 0.1) is 16.1 Å². The third-order valence-corrected chi connectivity index (χ3v) is 4.71. The molecule has 0 spiro atoms. The minimum atomic E-state index is -3.66. The average molecular weight is 312 g/mol. The zero-order valence-corrected chi connectivity index (χ0v) is 13.4. The molecule has 0 saturated carbocycles. The van der Waals surface area contributed by atoms with Crippen molar-refractivity contribution in [2.24, 2.45) is 0 Å². The van der Waals surface area contributed by atoms with E-state index in [4.69, 9.17) is 0 Å². The topological polar surface area (TPSA) is 77.9 Å². The lowest BCUT2D eigenvalue weighted by Gasteiger charge is -2.22. The second-order valence-electron chi connectivity index (χ2n) is 5.08. The van der Waals surface area contributed by atoms with E-state index in [1.54, 1.807) is 11.9 Å². The van der Waals surface area contributed by atoms with Crippen molar-refractivity contribution < 1.29 is 18.3 Å². The first-order valence-electron chi connectivity index (χ1n) is 6.22. The van der Waals surface area contributed by atoms with Crippen LogP contribution < -0.4 is 4.90 Å². The molecule has 7 heteroatoms. The monoisotopic (exact) mass is 312 g/mol. The van der Waals surface area contributed by atoms with Gasteiger partial charge in [0.25, 0.3) is 0 Å². The number of sulfonamides is 1. The molecular formula is C14H20N2O4S. The fourth-order valence-corrected chi connectivity index (χ4v) is 2.81. The lowest BCUT2D eigenvalue weighted by molar-refractivity contribution is 0.0697. The molecule has 1 N–H and O–H groups in total. The predicted molar refractivity (Wildman–Crippen MR) is 82.4 cm³/mol. The first kappa shape index (κ1) is 17.2. The van der Waals surface area contributed by atoms with Gasteiger partial charge in [-0.25, -0.2) is 17.5 Å². The van der Waals surface area contributed by atoms with E-state index >= 15 is 0 Å². The predicted octanol–water partition coefficient (Wildman–Crippen LogP) is 1.65. The van der Waals surface area contributed by atoms with Gasteiger partial charge in [-0.15, -0.1) is 0 Å². The highest BCUT2D eigenvalue weighted by molar-refractivity contribution is 7.89. The number of hydrogen-bond donors (Lipinski definition) is 1. The maximum atomic E-state index is 12.1. The summed E-state index contributed by atoms with van der Waals surface area (Å²) in [6.07, 6.45) is 0. The molecule has 0 aliphatic carbocycles. The van der Waals surface area contributed by atoms with Gasteiger partial charge in [0, 0.05) is 27.7 Å². The lowest BCUT2D eigenvalue weighted by atomic mass is 10.1. The molecule has 0 saturated heterocycles. The Morgan fingerprint density at radius 1 is 1.29 bits per heavy atom. The van der Waals surface area contributed by atoms with Crippen LogP contribution in [0.5, 0.6) is 0 Å². The molecule has 0 radical (unpaired) electrons. The van der Waals surface area contributed by atoms with Crippen LogP contribution in [0.4, 0.5) is 5.69 Å². The van der Waals surface area contributed by atoms with E-state index in [9.17, 15) is 18.3 Å². The van der Waals surface area contributed by atoms with Crippen LogP contribution in [0.1, 0.15) is 17.3 Å². The largest absolute Gasteiger partial charge is 0.478 e. The van der Waals surface area contributed by atoms with Gasteiger partial charge < -0.3 is 10.0 Å². The molecule has 0 amide bonds. The molecule has 0 fully saturated rings. The summed E-state index contributed by atoms with van der Waals surface area (Å²) in [6.45, 7) is 6.10. The van der Waals surface area contributed by atoms with Crippen molar-refractivity contribution in [1.82, 2.24) is 4.31 Å². The summed E-state index contributed by atoms with van der Waals surface area (Å²) in [6, 6.07) is 4.09. The van der Waals surface area contributed by atoms with Crippen LogP contribution in [-0.4, -0.2) is 51.5 Å². The van der Waals surface area contributed by atoms with Gasteiger partial charge in [-0.1, -0.05) is 12.2 Å². The fraction of sp³-hybridized carbons (Fsp3) is 0.357. The van der Waals surface area contributed by atoms with Gasteiger partial charge in [0.1, 0.15) is 0 Å². The van der Waals surface area contributed by atoms with Crippen LogP contribution in [0.15, 0.2) is 35.2 Å². The zero-order chi connectivity index (χ0) is 16.4. The first-order chi connectivity index (χ1) is 9.57. The Morgan fingerprint density at radius 3 is 2.29 bits per heavy atom. The van der Waals surface area contributed by atoms with E-state index in [1.165, 1.54) is 32.3 Å². The minimum absolute atomic E-state index is 0.0441. The number of benzene rings is 1. The summed E-state index contributed by atoms with van der Waals surface area (Å²) in [4.78, 5) is 13.1. The molecule has 21 heavy (non-hydrogen) atoms. The van der Waals surface area contributed by atoms with Gasteiger partial charge >= 0.3 is 5.97 Å². The van der Waals surface area contributed by atoms with Crippen molar-refractivity contribution in [1.29, 1.82) is 0 Å². The standard InChI is InChI=1S/C14H20N2O4S/c1-10(2)9-16(5)13-7-6-11(8-12(13)14(17)18)21(19,20)15(3)4/h6-8H,1,9H2,2-5H3,(H,17,18). The van der Waals surface area contributed by atoms with Gasteiger partial charge in [0.15, 0.2) is 0 Å². The highest BCUT2D eigenvalue weighted by Gasteiger charge is 2.22. The number of aromatic carboxylic acids is 1. The summed E-state index contributed by atoms with van der Waals surface area (Å²) in [5.74, 6) is -1.17. The number of rotatable bonds is 6. The number of anilines is 1. The smallest absolute Gasteiger partial charge is 0.337 e. The van der Waals surface area contributed by atoms with E-state index in [0.29, 0.717) is 12.2 Å². The second kappa shape index (κ2) is 6.28. The fourth-order valence-electron chi connectivity index (χ4n) is 1.88. The van der Waals surface area contributed by atoms with Crippen LogP contribution in [0.3, 0.4) is 0 Å². The summed E-state index contributed by atoms with van der Waals surface area (Å²) < 4.78 is 25.2. The number of carboxylic acid groups (broad SMARTS) is 1. The molecule has 0 unspecified atom stereocenters. The highest BCUT2D eigenvalue weighted by atomic mass is 32.2. The third-order valence-electron chi connectivity index (χ3n) is 2.90. The molecule has 116 valence electrons. The first-order valence-corrected chi connectivity index (χ1v) is 7.66. The quantitative estimate of drug-likeness (QED) is 0.808. The van der Waals surface area contributed by atoms with Gasteiger partial charge in [-0.05, 0) is 25.1 Å².